The Morgan fingerprint density at radius 2 is 2.43 bits per heavy atom. The molecule has 0 unspecified atom stereocenters. The van der Waals surface area contributed by atoms with Crippen molar-refractivity contribution >= 4 is 5.82 Å². The van der Waals surface area contributed by atoms with Gasteiger partial charge in [0.05, 0.1) is 0 Å². The number of anilines is 1. The number of aromatic nitrogens is 2. The highest BCUT2D eigenvalue weighted by atomic mass is 15.4. The zero-order valence-corrected chi connectivity index (χ0v) is 8.90. The molecule has 4 nitrogen and oxygen atoms in total. The van der Waals surface area contributed by atoms with Crippen LogP contribution in [-0.4, -0.2) is 28.9 Å². The van der Waals surface area contributed by atoms with Crippen LogP contribution in [0.3, 0.4) is 0 Å². The SMILES string of the molecule is Cc1cc(N2CCC[C@H]2CN)nn1C. The molecular weight excluding hydrogens is 176 g/mol. The molecule has 0 amide bonds. The lowest BCUT2D eigenvalue weighted by molar-refractivity contribution is 0.659. The molecule has 2 heterocycles. The third kappa shape index (κ3) is 1.50. The van der Waals surface area contributed by atoms with E-state index in [0.29, 0.717) is 6.04 Å². The number of nitrogens with zero attached hydrogens (tertiary/aromatic N) is 3. The van der Waals surface area contributed by atoms with E-state index < -0.39 is 0 Å². The van der Waals surface area contributed by atoms with E-state index in [0.717, 1.165) is 18.9 Å². The van der Waals surface area contributed by atoms with Crippen molar-refractivity contribution in [3.63, 3.8) is 0 Å². The summed E-state index contributed by atoms with van der Waals surface area (Å²) in [4.78, 5) is 2.33. The average molecular weight is 194 g/mol. The maximum Gasteiger partial charge on any atom is 0.151 e. The van der Waals surface area contributed by atoms with E-state index in [4.69, 9.17) is 5.73 Å². The summed E-state index contributed by atoms with van der Waals surface area (Å²) in [7, 11) is 1.98. The van der Waals surface area contributed by atoms with E-state index in [9.17, 15) is 0 Å². The van der Waals surface area contributed by atoms with Gasteiger partial charge in [-0.25, -0.2) is 0 Å². The van der Waals surface area contributed by atoms with Crippen molar-refractivity contribution in [1.82, 2.24) is 9.78 Å². The van der Waals surface area contributed by atoms with Crippen LogP contribution in [0.15, 0.2) is 6.07 Å². The summed E-state index contributed by atoms with van der Waals surface area (Å²) in [5, 5.41) is 4.48. The van der Waals surface area contributed by atoms with Crippen molar-refractivity contribution in [3.8, 4) is 0 Å². The number of aryl methyl sites for hydroxylation is 2. The van der Waals surface area contributed by atoms with Crippen LogP contribution in [0.5, 0.6) is 0 Å². The summed E-state index contributed by atoms with van der Waals surface area (Å²) in [6, 6.07) is 2.62. The normalized spacial score (nSPS) is 21.9. The predicted octanol–water partition coefficient (Wildman–Crippen LogP) is 0.656. The van der Waals surface area contributed by atoms with Crippen molar-refractivity contribution in [2.24, 2.45) is 12.8 Å². The van der Waals surface area contributed by atoms with Crippen LogP contribution in [-0.2, 0) is 7.05 Å². The van der Waals surface area contributed by atoms with Crippen LogP contribution in [0.1, 0.15) is 18.5 Å². The summed E-state index contributed by atoms with van der Waals surface area (Å²) < 4.78 is 1.92. The molecule has 1 saturated heterocycles. The first-order valence-electron chi connectivity index (χ1n) is 5.19. The van der Waals surface area contributed by atoms with Gasteiger partial charge in [-0.1, -0.05) is 0 Å². The topological polar surface area (TPSA) is 47.1 Å². The fourth-order valence-electron chi connectivity index (χ4n) is 2.06. The van der Waals surface area contributed by atoms with E-state index in [1.54, 1.807) is 0 Å². The maximum absolute atomic E-state index is 5.73. The second kappa shape index (κ2) is 3.61. The minimum atomic E-state index is 0.490. The second-order valence-electron chi connectivity index (χ2n) is 3.99. The third-order valence-electron chi connectivity index (χ3n) is 3.04. The van der Waals surface area contributed by atoms with Gasteiger partial charge in [0.15, 0.2) is 5.82 Å². The molecule has 0 saturated carbocycles. The quantitative estimate of drug-likeness (QED) is 0.752. The Bertz CT molecular complexity index is 298. The van der Waals surface area contributed by atoms with Crippen LogP contribution in [0.2, 0.25) is 0 Å². The average Bonchev–Trinajstić information content (AvgIpc) is 2.73. The monoisotopic (exact) mass is 194 g/mol. The molecule has 1 aromatic rings. The van der Waals surface area contributed by atoms with E-state index in [1.807, 2.05) is 11.7 Å². The Kier molecular flexibility index (Phi) is 2.46. The Hall–Kier alpha value is -1.03. The van der Waals surface area contributed by atoms with Crippen LogP contribution in [0, 0.1) is 6.92 Å². The van der Waals surface area contributed by atoms with Crippen LogP contribution >= 0.6 is 0 Å². The van der Waals surface area contributed by atoms with Crippen LogP contribution in [0.4, 0.5) is 5.82 Å². The molecule has 0 spiro atoms. The molecule has 0 radical (unpaired) electrons. The minimum absolute atomic E-state index is 0.490. The summed E-state index contributed by atoms with van der Waals surface area (Å²) in [5.41, 5.74) is 6.93. The van der Waals surface area contributed by atoms with Gasteiger partial charge in [-0.2, -0.15) is 5.10 Å². The zero-order valence-electron chi connectivity index (χ0n) is 8.90. The number of hydrogen-bond acceptors (Lipinski definition) is 3. The highest BCUT2D eigenvalue weighted by molar-refractivity contribution is 5.42. The van der Waals surface area contributed by atoms with Gasteiger partial charge in [-0.3, -0.25) is 4.68 Å². The fraction of sp³-hybridized carbons (Fsp3) is 0.700. The van der Waals surface area contributed by atoms with Crippen LogP contribution < -0.4 is 10.6 Å². The molecule has 0 aromatic carbocycles. The van der Waals surface area contributed by atoms with E-state index in [1.165, 1.54) is 18.5 Å². The number of hydrogen-bond donors (Lipinski definition) is 1. The lowest BCUT2D eigenvalue weighted by atomic mass is 10.2. The maximum atomic E-state index is 5.73. The smallest absolute Gasteiger partial charge is 0.151 e. The molecule has 1 aromatic heterocycles. The molecule has 4 heteroatoms. The summed E-state index contributed by atoms with van der Waals surface area (Å²) in [5.74, 6) is 1.08. The van der Waals surface area contributed by atoms with Crippen molar-refractivity contribution in [1.29, 1.82) is 0 Å². The lowest BCUT2D eigenvalue weighted by Crippen LogP contribution is -2.35. The third-order valence-corrected chi connectivity index (χ3v) is 3.04. The van der Waals surface area contributed by atoms with Gasteiger partial charge >= 0.3 is 0 Å². The van der Waals surface area contributed by atoms with Crippen LogP contribution in [0.25, 0.3) is 0 Å². The molecule has 1 atom stereocenters. The lowest BCUT2D eigenvalue weighted by Gasteiger charge is -2.22. The molecular formula is C10H18N4. The second-order valence-corrected chi connectivity index (χ2v) is 3.99. The van der Waals surface area contributed by atoms with Gasteiger partial charge in [0.1, 0.15) is 0 Å². The molecule has 2 N–H and O–H groups in total. The van der Waals surface area contributed by atoms with Gasteiger partial charge in [0.25, 0.3) is 0 Å². The van der Waals surface area contributed by atoms with Crippen molar-refractivity contribution in [2.75, 3.05) is 18.0 Å². The fourth-order valence-corrected chi connectivity index (χ4v) is 2.06. The molecule has 0 aliphatic carbocycles. The summed E-state index contributed by atoms with van der Waals surface area (Å²) >= 11 is 0. The molecule has 0 bridgehead atoms. The summed E-state index contributed by atoms with van der Waals surface area (Å²) in [6.45, 7) is 3.90. The molecule has 2 rings (SSSR count). The first-order valence-corrected chi connectivity index (χ1v) is 5.19. The van der Waals surface area contributed by atoms with Crippen molar-refractivity contribution in [2.45, 2.75) is 25.8 Å². The molecule has 1 aliphatic heterocycles. The standard InChI is InChI=1S/C10H18N4/c1-8-6-10(12-13(8)2)14-5-3-4-9(14)7-11/h6,9H,3-5,7,11H2,1-2H3/t9-/m0/s1. The Morgan fingerprint density at radius 3 is 3.00 bits per heavy atom. The number of rotatable bonds is 2. The highest BCUT2D eigenvalue weighted by Crippen LogP contribution is 2.23. The summed E-state index contributed by atoms with van der Waals surface area (Å²) in [6.07, 6.45) is 2.43. The zero-order chi connectivity index (χ0) is 10.1. The predicted molar refractivity (Wildman–Crippen MR) is 57.4 cm³/mol. The van der Waals surface area contributed by atoms with Crippen molar-refractivity contribution < 1.29 is 0 Å². The molecule has 78 valence electrons. The Morgan fingerprint density at radius 1 is 1.64 bits per heavy atom. The Balaban J connectivity index is 2.21. The minimum Gasteiger partial charge on any atom is -0.351 e. The van der Waals surface area contributed by atoms with Gasteiger partial charge < -0.3 is 10.6 Å². The first kappa shape index (κ1) is 9.52. The molecule has 14 heavy (non-hydrogen) atoms. The molecule has 1 fully saturated rings. The van der Waals surface area contributed by atoms with Gasteiger partial charge in [-0.15, -0.1) is 0 Å². The first-order chi connectivity index (χ1) is 6.72. The highest BCUT2D eigenvalue weighted by Gasteiger charge is 2.25. The Labute approximate surface area is 84.7 Å². The van der Waals surface area contributed by atoms with Gasteiger partial charge in [0.2, 0.25) is 0 Å². The van der Waals surface area contributed by atoms with E-state index >= 15 is 0 Å². The number of nitrogens with two attached hydrogens (primary N) is 1. The van der Waals surface area contributed by atoms with Gasteiger partial charge in [0, 0.05) is 37.9 Å². The molecule has 1 aliphatic rings. The largest absolute Gasteiger partial charge is 0.351 e. The van der Waals surface area contributed by atoms with Gasteiger partial charge in [-0.05, 0) is 19.8 Å². The van der Waals surface area contributed by atoms with E-state index in [2.05, 4.69) is 23.0 Å². The van der Waals surface area contributed by atoms with E-state index in [-0.39, 0.29) is 0 Å². The van der Waals surface area contributed by atoms with Crippen molar-refractivity contribution in [3.05, 3.63) is 11.8 Å².